The number of benzene rings is 5. The largest absolute Gasteiger partial charge is 0.464 e. The van der Waals surface area contributed by atoms with Crippen molar-refractivity contribution in [2.75, 3.05) is 0 Å². The van der Waals surface area contributed by atoms with Gasteiger partial charge in [-0.1, -0.05) is 159 Å². The number of hydrogen-bond donors (Lipinski definition) is 0. The molecule has 2 aliphatic carbocycles. The molecule has 0 saturated heterocycles. The van der Waals surface area contributed by atoms with Crippen LogP contribution < -0.4 is 0 Å². The number of nitrogens with zero attached hydrogens (tertiary/aromatic N) is 1. The van der Waals surface area contributed by atoms with E-state index in [-0.39, 0.29) is 23.8 Å². The minimum absolute atomic E-state index is 0.0224. The van der Waals surface area contributed by atoms with Crippen LogP contribution in [-0.4, -0.2) is 5.71 Å². The molecule has 1 aliphatic heterocycles. The van der Waals surface area contributed by atoms with E-state index in [1.54, 1.807) is 0 Å². The Kier molecular flexibility index (Phi) is 8.85. The summed E-state index contributed by atoms with van der Waals surface area (Å²) in [6.07, 6.45) is 15.2. The first-order valence-corrected chi connectivity index (χ1v) is 21.0. The normalized spacial score (nSPS) is 20.8. The summed E-state index contributed by atoms with van der Waals surface area (Å²) < 4.78 is 13.5. The lowest BCUT2D eigenvalue weighted by Gasteiger charge is -2.29. The summed E-state index contributed by atoms with van der Waals surface area (Å²) in [5, 5.41) is 2.31. The molecule has 59 heavy (non-hydrogen) atoms. The topological polar surface area (TPSA) is 38.6 Å². The van der Waals surface area contributed by atoms with E-state index in [9.17, 15) is 0 Å². The molecule has 11 rings (SSSR count). The first-order chi connectivity index (χ1) is 29.2. The third-order valence-electron chi connectivity index (χ3n) is 12.7. The predicted molar refractivity (Wildman–Crippen MR) is 242 cm³/mol. The second kappa shape index (κ2) is 14.8. The number of aliphatic imine (C=N–C) groups is 1. The average molecular weight is 762 g/mol. The smallest absolute Gasteiger partial charge is 0.139 e. The minimum Gasteiger partial charge on any atom is -0.464 e. The lowest BCUT2D eigenvalue weighted by Crippen LogP contribution is -2.22. The zero-order valence-corrected chi connectivity index (χ0v) is 33.1. The molecule has 8 aromatic rings. The second-order valence-electron chi connectivity index (χ2n) is 16.2. The second-order valence-corrected chi connectivity index (χ2v) is 16.2. The fourth-order valence-electron chi connectivity index (χ4n) is 9.77. The summed E-state index contributed by atoms with van der Waals surface area (Å²) in [4.78, 5) is 5.73. The van der Waals surface area contributed by atoms with Crippen molar-refractivity contribution in [2.45, 2.75) is 44.6 Å². The van der Waals surface area contributed by atoms with Gasteiger partial charge in [0.05, 0.1) is 6.04 Å². The number of hydrogen-bond acceptors (Lipinski definition) is 3. The van der Waals surface area contributed by atoms with Gasteiger partial charge >= 0.3 is 0 Å². The van der Waals surface area contributed by atoms with Crippen molar-refractivity contribution in [3.05, 3.63) is 209 Å². The van der Waals surface area contributed by atoms with Crippen molar-refractivity contribution >= 4 is 45.4 Å². The van der Waals surface area contributed by atoms with Crippen LogP contribution in [0.1, 0.15) is 77.5 Å². The quantitative estimate of drug-likeness (QED) is 0.169. The molecule has 0 radical (unpaired) electrons. The Bertz CT molecular complexity index is 2970. The van der Waals surface area contributed by atoms with Gasteiger partial charge in [-0.15, -0.1) is 0 Å². The van der Waals surface area contributed by atoms with E-state index < -0.39 is 0 Å². The van der Waals surface area contributed by atoms with E-state index in [0.717, 1.165) is 70.3 Å². The van der Waals surface area contributed by atoms with Crippen LogP contribution in [0.2, 0.25) is 0 Å². The molecule has 3 aliphatic rings. The molecule has 3 unspecified atom stereocenters. The van der Waals surface area contributed by atoms with Crippen molar-refractivity contribution < 1.29 is 8.83 Å². The van der Waals surface area contributed by atoms with Crippen LogP contribution in [0.4, 0.5) is 0 Å². The maximum Gasteiger partial charge on any atom is 0.139 e. The molecular weight excluding hydrogens is 719 g/mol. The van der Waals surface area contributed by atoms with Gasteiger partial charge in [-0.2, -0.15) is 0 Å². The van der Waals surface area contributed by atoms with Gasteiger partial charge in [-0.3, -0.25) is 4.99 Å². The van der Waals surface area contributed by atoms with E-state index >= 15 is 0 Å². The van der Waals surface area contributed by atoms with E-state index in [0.29, 0.717) is 0 Å². The highest BCUT2D eigenvalue weighted by Crippen LogP contribution is 2.46. The van der Waals surface area contributed by atoms with Crippen LogP contribution in [-0.2, 0) is 6.42 Å². The van der Waals surface area contributed by atoms with Crippen LogP contribution >= 0.6 is 0 Å². The van der Waals surface area contributed by atoms with Gasteiger partial charge in [-0.25, -0.2) is 0 Å². The molecule has 284 valence electrons. The predicted octanol–water partition coefficient (Wildman–Crippen LogP) is 14.5. The fourth-order valence-corrected chi connectivity index (χ4v) is 9.77. The van der Waals surface area contributed by atoms with Gasteiger partial charge in [0.15, 0.2) is 0 Å². The molecule has 0 fully saturated rings. The molecule has 2 aromatic heterocycles. The number of rotatable bonds is 6. The highest BCUT2D eigenvalue weighted by Gasteiger charge is 2.33. The van der Waals surface area contributed by atoms with Crippen molar-refractivity contribution in [1.82, 2.24) is 0 Å². The zero-order chi connectivity index (χ0) is 39.3. The number of furan rings is 2. The molecule has 0 bridgehead atoms. The molecular formula is C56H43NO2. The van der Waals surface area contributed by atoms with Gasteiger partial charge in [0.2, 0.25) is 0 Å². The molecule has 6 aromatic carbocycles. The molecule has 0 N–H and O–H groups in total. The van der Waals surface area contributed by atoms with Crippen molar-refractivity contribution in [3.8, 4) is 22.3 Å². The van der Waals surface area contributed by atoms with Gasteiger partial charge in [-0.05, 0) is 83.0 Å². The third kappa shape index (κ3) is 6.37. The summed E-state index contributed by atoms with van der Waals surface area (Å²) in [5.41, 5.74) is 15.2. The summed E-state index contributed by atoms with van der Waals surface area (Å²) in [5.74, 6) is 2.52. The van der Waals surface area contributed by atoms with Gasteiger partial charge in [0, 0.05) is 62.9 Å². The van der Waals surface area contributed by atoms with Crippen molar-refractivity contribution in [2.24, 2.45) is 16.8 Å². The SMILES string of the molecule is C[C@@H]1/C(c2cccc(-c3cccc(-c4c#cccc4)c3)c2)=C\CCC(C2C=Cc3c(oc4c3C=CCC4c3cccc4c3oc3ccccc34)C2)=NC1c1ccccc1. The molecule has 0 amide bonds. The average Bonchev–Trinajstić information content (AvgIpc) is 3.87. The van der Waals surface area contributed by atoms with Crippen LogP contribution in [0.3, 0.4) is 0 Å². The Labute approximate surface area is 345 Å². The highest BCUT2D eigenvalue weighted by molar-refractivity contribution is 6.06. The standard InChI is InChI=1S/C56H43NO2/c1-36-44(42-22-11-21-41(34-42)40-20-10-19-39(33-40)37-15-4-2-5-16-37)24-14-29-51(57-54(36)38-17-6-3-7-18-38)43-31-32-46-48-26-13-28-50(56(48)59-53(46)35-43)49-27-12-25-47-45-23-8-9-30-52(45)58-55(47)49/h2-4,6-13,15,17-27,30-34,36,43,50,54H,14,28-29,35H2,1H3/b44-24+,57-51?/t36-,43?,50?,54?/m1/s1. The van der Waals surface area contributed by atoms with Gasteiger partial charge in [0.25, 0.3) is 0 Å². The summed E-state index contributed by atoms with van der Waals surface area (Å²) in [7, 11) is 0. The third-order valence-corrected chi connectivity index (χ3v) is 12.7. The Morgan fingerprint density at radius 3 is 2.34 bits per heavy atom. The van der Waals surface area contributed by atoms with E-state index in [2.05, 4.69) is 171 Å². The maximum atomic E-state index is 6.97. The summed E-state index contributed by atoms with van der Waals surface area (Å²) in [6.45, 7) is 2.36. The molecule has 3 heteroatoms. The lowest BCUT2D eigenvalue weighted by molar-refractivity contribution is 0.436. The monoisotopic (exact) mass is 761 g/mol. The molecule has 0 spiro atoms. The van der Waals surface area contributed by atoms with Crippen LogP contribution in [0.15, 0.2) is 172 Å². The molecule has 4 atom stereocenters. The first-order valence-electron chi connectivity index (χ1n) is 21.0. The van der Waals surface area contributed by atoms with Crippen LogP contribution in [0.5, 0.6) is 0 Å². The van der Waals surface area contributed by atoms with Crippen LogP contribution in [0, 0.1) is 24.0 Å². The maximum absolute atomic E-state index is 6.97. The van der Waals surface area contributed by atoms with E-state index in [1.165, 1.54) is 50.2 Å². The Hall–Kier alpha value is -6.89. The Balaban J connectivity index is 0.902. The fraction of sp³-hybridized carbons (Fsp3) is 0.161. The first kappa shape index (κ1) is 35.3. The van der Waals surface area contributed by atoms with Gasteiger partial charge in [0.1, 0.15) is 22.7 Å². The molecule has 0 saturated carbocycles. The Morgan fingerprint density at radius 1 is 0.695 bits per heavy atom. The van der Waals surface area contributed by atoms with E-state index in [1.807, 2.05) is 18.2 Å². The van der Waals surface area contributed by atoms with Crippen molar-refractivity contribution in [1.29, 1.82) is 0 Å². The molecule has 3 heterocycles. The summed E-state index contributed by atoms with van der Waals surface area (Å²) >= 11 is 0. The summed E-state index contributed by atoms with van der Waals surface area (Å²) in [6, 6.07) is 55.9. The van der Waals surface area contributed by atoms with Gasteiger partial charge < -0.3 is 8.83 Å². The minimum atomic E-state index is -0.0224. The highest BCUT2D eigenvalue weighted by atomic mass is 16.3. The van der Waals surface area contributed by atoms with Crippen molar-refractivity contribution in [3.63, 3.8) is 0 Å². The Morgan fingerprint density at radius 2 is 1.47 bits per heavy atom. The number of para-hydroxylation sites is 2. The lowest BCUT2D eigenvalue weighted by atomic mass is 9.80. The number of fused-ring (bicyclic) bond motifs is 6. The molecule has 3 nitrogen and oxygen atoms in total. The van der Waals surface area contributed by atoms with Crippen LogP contribution in [0.25, 0.3) is 61.9 Å². The zero-order valence-electron chi connectivity index (χ0n) is 33.1. The van der Waals surface area contributed by atoms with E-state index in [4.69, 9.17) is 13.8 Å². The number of allylic oxidation sites excluding steroid dienone is 3.